The number of fused-ring (bicyclic) bond motifs is 23. The van der Waals surface area contributed by atoms with Gasteiger partial charge in [-0.1, -0.05) is 189 Å². The first-order valence-corrected chi connectivity index (χ1v) is 24.3. The van der Waals surface area contributed by atoms with Gasteiger partial charge in [-0.2, -0.15) is 24.2 Å². The Balaban J connectivity index is 0.00000645. The fraction of sp³-hybridized carbons (Fsp3) is 0.182. The Hall–Kier alpha value is -7.33. The zero-order valence-corrected chi connectivity index (χ0v) is 44.1. The minimum absolute atomic E-state index is 0. The van der Waals surface area contributed by atoms with E-state index in [9.17, 15) is 5.48 Å². The smallest absolute Gasteiger partial charge is 0.136 e. The summed E-state index contributed by atoms with van der Waals surface area (Å²) in [5.74, 6) is 0. The predicted octanol–water partition coefficient (Wildman–Crippen LogP) is 17.7. The molecule has 0 amide bonds. The molecule has 6 heteroatoms. The van der Waals surface area contributed by atoms with Gasteiger partial charge in [-0.3, -0.25) is 0 Å². The summed E-state index contributed by atoms with van der Waals surface area (Å²) in [6.07, 6.45) is 2.12. The van der Waals surface area contributed by atoms with Gasteiger partial charge in [-0.25, -0.2) is 4.98 Å². The molecule has 11 aromatic rings. The van der Waals surface area contributed by atoms with Crippen LogP contribution >= 0.6 is 0 Å². The third-order valence-corrected chi connectivity index (χ3v) is 13.8. The summed E-state index contributed by atoms with van der Waals surface area (Å²) in [4.78, 5) is 5.39. The molecule has 0 radical (unpaired) electrons. The van der Waals surface area contributed by atoms with Gasteiger partial charge in [-0.05, 0) is 113 Å². The number of aromatic nitrogens is 4. The van der Waals surface area contributed by atoms with E-state index >= 15 is 0 Å². The molecule has 360 valence electrons. The van der Waals surface area contributed by atoms with Crippen LogP contribution in [0.4, 0.5) is 0 Å². The molecule has 0 saturated heterocycles. The Kier molecular flexibility index (Phi) is 9.77. The van der Waals surface area contributed by atoms with E-state index in [0.29, 0.717) is 16.7 Å². The van der Waals surface area contributed by atoms with E-state index in [2.05, 4.69) is 193 Å². The summed E-state index contributed by atoms with van der Waals surface area (Å²) in [5.41, 5.74) is 9.84. The second-order valence-corrected chi connectivity index (χ2v) is 21.8. The van der Waals surface area contributed by atoms with Gasteiger partial charge in [0.05, 0.1) is 11.0 Å². The molecule has 3 aromatic heterocycles. The number of para-hydroxylation sites is 3. The van der Waals surface area contributed by atoms with E-state index in [0.717, 1.165) is 60.5 Å². The van der Waals surface area contributed by atoms with Crippen molar-refractivity contribution < 1.29 is 33.7 Å². The topological polar surface area (TPSA) is 40.3 Å². The second-order valence-electron chi connectivity index (χ2n) is 21.8. The average molecular weight is 1120 g/mol. The minimum Gasteiger partial charge on any atom is -0.510 e. The third kappa shape index (κ3) is 8.18. The van der Waals surface area contributed by atoms with Gasteiger partial charge < -0.3 is 18.0 Å². The first-order chi connectivity index (χ1) is 36.6. The van der Waals surface area contributed by atoms with Crippen molar-refractivity contribution in [2.75, 3.05) is 0 Å². The SMILES string of the molecule is [2H]c1c([2H])c([2H])c2c(c1[2H])c1c([2H])c([2H])c3[c-]c1n2c1cc(C(C)(C)C)cc(n1)c1cccc(c1)c1ccccc1c1cc(C(C)(C)C)cc(-c2cccc(C(C)(C)C)c2)c1n1[cH-]n(c2[c-]c(ccc2)o3)-c2ccccc2-1.[Pt]. The molecule has 0 fully saturated rings. The molecular formula is C66H57N4OPt-3. The molecule has 0 saturated carbocycles. The molecule has 4 heterocycles. The molecule has 0 unspecified atom stereocenters. The Bertz CT molecular complexity index is 4610. The van der Waals surface area contributed by atoms with Gasteiger partial charge in [0.25, 0.3) is 0 Å². The summed E-state index contributed by atoms with van der Waals surface area (Å²) in [6.45, 7) is 19.9. The van der Waals surface area contributed by atoms with Gasteiger partial charge in [0, 0.05) is 50.8 Å². The van der Waals surface area contributed by atoms with E-state index < -0.39 is 17.5 Å². The Morgan fingerprint density at radius 2 is 1.21 bits per heavy atom. The van der Waals surface area contributed by atoms with Crippen LogP contribution in [0.5, 0.6) is 0 Å². The van der Waals surface area contributed by atoms with Crippen LogP contribution in [0.25, 0.3) is 105 Å². The van der Waals surface area contributed by atoms with Gasteiger partial charge in [0.15, 0.2) is 0 Å². The summed E-state index contributed by atoms with van der Waals surface area (Å²) in [6, 6.07) is 53.4. The van der Waals surface area contributed by atoms with Crippen LogP contribution in [-0.4, -0.2) is 18.5 Å². The third-order valence-electron chi connectivity index (χ3n) is 13.8. The van der Waals surface area contributed by atoms with Crippen molar-refractivity contribution in [3.05, 3.63) is 211 Å². The van der Waals surface area contributed by atoms with Crippen LogP contribution < -0.4 is 0 Å². The van der Waals surface area contributed by atoms with Crippen LogP contribution in [0, 0.1) is 12.1 Å². The predicted molar refractivity (Wildman–Crippen MR) is 299 cm³/mol. The normalized spacial score (nSPS) is 13.6. The molecule has 8 aromatic carbocycles. The monoisotopic (exact) mass is 1120 g/mol. The van der Waals surface area contributed by atoms with Gasteiger partial charge >= 0.3 is 0 Å². The Morgan fingerprint density at radius 1 is 0.528 bits per heavy atom. The van der Waals surface area contributed by atoms with Crippen molar-refractivity contribution in [1.29, 1.82) is 0 Å². The molecule has 0 atom stereocenters. The molecule has 12 rings (SSSR count). The maximum atomic E-state index is 9.60. The van der Waals surface area contributed by atoms with Gasteiger partial charge in [0.2, 0.25) is 0 Å². The molecular weight excluding hydrogens is 1060 g/mol. The fourth-order valence-corrected chi connectivity index (χ4v) is 9.94. The maximum Gasteiger partial charge on any atom is 0.136 e. The number of nitrogens with zero attached hydrogens (tertiary/aromatic N) is 4. The van der Waals surface area contributed by atoms with Crippen molar-refractivity contribution in [2.24, 2.45) is 0 Å². The largest absolute Gasteiger partial charge is 0.510 e. The number of imidazole rings is 1. The van der Waals surface area contributed by atoms with Crippen molar-refractivity contribution in [1.82, 2.24) is 18.5 Å². The van der Waals surface area contributed by atoms with Crippen molar-refractivity contribution in [2.45, 2.75) is 78.6 Å². The summed E-state index contributed by atoms with van der Waals surface area (Å²) < 4.78 is 68.1. The van der Waals surface area contributed by atoms with Gasteiger partial charge in [-0.15, -0.1) is 29.1 Å². The first-order valence-electron chi connectivity index (χ1n) is 27.3. The minimum atomic E-state index is -0.441. The second kappa shape index (κ2) is 17.5. The Labute approximate surface area is 444 Å². The van der Waals surface area contributed by atoms with E-state index in [1.165, 1.54) is 11.1 Å². The quantitative estimate of drug-likeness (QED) is 0.154. The van der Waals surface area contributed by atoms with Crippen molar-refractivity contribution in [3.63, 3.8) is 0 Å². The first kappa shape index (κ1) is 40.3. The maximum absolute atomic E-state index is 9.60. The standard InChI is InChI=1S/C66H57N4O.Pt/c1-64(2,3)45-22-17-20-43(34-45)55-35-46(65(4,5)6)36-56-52-26-11-10-25-51(52)42-19-16-21-44(33-42)57-37-47(66(7,8)9)38-62(67-57)70-58-28-13-12-27-53(58)54-32-31-50(40-61(54)70)71-49-24-18-23-48(39-49)68-41-69(63(55)56)60-30-15-14-29-59(60)68;/h10-38,41H,1-9H3;/q-3;/i12D,13D,27D,28D,31D,32D;. The zero-order chi connectivity index (χ0) is 54.2. The fourth-order valence-electron chi connectivity index (χ4n) is 9.94. The van der Waals surface area contributed by atoms with Crippen LogP contribution in [0.1, 0.15) is 87.2 Å². The summed E-state index contributed by atoms with van der Waals surface area (Å²) in [5, 5.41) is 5.15. The van der Waals surface area contributed by atoms with E-state index in [4.69, 9.17) is 12.1 Å². The molecule has 72 heavy (non-hydrogen) atoms. The summed E-state index contributed by atoms with van der Waals surface area (Å²) in [7, 11) is 0. The summed E-state index contributed by atoms with van der Waals surface area (Å²) >= 11 is 0. The van der Waals surface area contributed by atoms with Crippen LogP contribution in [0.15, 0.2) is 187 Å². The number of rotatable bonds is 1. The number of pyridine rings is 1. The van der Waals surface area contributed by atoms with Crippen LogP contribution in [-0.2, 0) is 37.3 Å². The molecule has 10 bridgehead atoms. The molecule has 1 aliphatic heterocycles. The Morgan fingerprint density at radius 3 is 1.99 bits per heavy atom. The molecule has 0 spiro atoms. The molecule has 0 aliphatic carbocycles. The molecule has 1 aliphatic rings. The van der Waals surface area contributed by atoms with Crippen LogP contribution in [0.3, 0.4) is 0 Å². The van der Waals surface area contributed by atoms with E-state index in [-0.39, 0.29) is 89.0 Å². The molecule has 0 N–H and O–H groups in total. The zero-order valence-electron chi connectivity index (χ0n) is 47.9. The number of hydrogen-bond acceptors (Lipinski definition) is 2. The van der Waals surface area contributed by atoms with Crippen LogP contribution in [0.2, 0.25) is 0 Å². The van der Waals surface area contributed by atoms with Crippen molar-refractivity contribution in [3.8, 4) is 22.5 Å². The van der Waals surface area contributed by atoms with Crippen molar-refractivity contribution >= 4 is 82.1 Å². The number of benzene rings is 8. The van der Waals surface area contributed by atoms with E-state index in [1.807, 2.05) is 30.3 Å². The van der Waals surface area contributed by atoms with E-state index in [1.54, 1.807) is 10.5 Å². The molecule has 5 nitrogen and oxygen atoms in total. The number of hydrogen-bond donors (Lipinski definition) is 0. The van der Waals surface area contributed by atoms with Gasteiger partial charge in [0.1, 0.15) is 5.65 Å². The average Bonchev–Trinajstić information content (AvgIpc) is 4.12.